The maximum atomic E-state index is 11.9. The lowest BCUT2D eigenvalue weighted by Crippen LogP contribution is -2.32. The summed E-state index contributed by atoms with van der Waals surface area (Å²) in [5, 5.41) is 21.3. The summed E-state index contributed by atoms with van der Waals surface area (Å²) in [5.41, 5.74) is 1.87. The van der Waals surface area contributed by atoms with Crippen molar-refractivity contribution in [2.24, 2.45) is 13.0 Å². The second-order valence-corrected chi connectivity index (χ2v) is 7.07. The van der Waals surface area contributed by atoms with Crippen molar-refractivity contribution in [2.45, 2.75) is 37.9 Å². The minimum atomic E-state index is 0.0945. The first kappa shape index (κ1) is 16.3. The van der Waals surface area contributed by atoms with Crippen molar-refractivity contribution >= 4 is 11.6 Å². The van der Waals surface area contributed by atoms with E-state index < -0.39 is 0 Å². The van der Waals surface area contributed by atoms with E-state index in [1.807, 2.05) is 28.7 Å². The summed E-state index contributed by atoms with van der Waals surface area (Å²) >= 11 is 0. The number of carbonyl (C=O) groups is 1. The molecule has 25 heavy (non-hydrogen) atoms. The third-order valence-corrected chi connectivity index (χ3v) is 5.20. The number of nitrogens with zero attached hydrogens (tertiary/aromatic N) is 5. The number of rotatable bonds is 6. The summed E-state index contributed by atoms with van der Waals surface area (Å²) in [6.45, 7) is 1.69. The molecule has 0 aromatic carbocycles. The maximum Gasteiger partial charge on any atom is 0.227 e. The fraction of sp³-hybridized carbons (Fsp3) is 0.588. The molecule has 2 atom stereocenters. The normalized spacial score (nSPS) is 23.9. The quantitative estimate of drug-likeness (QED) is 0.808. The van der Waals surface area contributed by atoms with Crippen molar-refractivity contribution < 1.29 is 9.90 Å². The highest BCUT2D eigenvalue weighted by molar-refractivity contribution is 5.93. The van der Waals surface area contributed by atoms with Crippen LogP contribution in [0.15, 0.2) is 24.7 Å². The average molecular weight is 344 g/mol. The molecular formula is C17H24N6O2. The number of nitrogens with one attached hydrogen (secondary N) is 1. The molecular weight excluding hydrogens is 320 g/mol. The second kappa shape index (κ2) is 6.61. The van der Waals surface area contributed by atoms with Gasteiger partial charge in [-0.15, -0.1) is 0 Å². The summed E-state index contributed by atoms with van der Waals surface area (Å²) in [7, 11) is 1.93. The highest BCUT2D eigenvalue weighted by atomic mass is 16.3. The van der Waals surface area contributed by atoms with Crippen LogP contribution in [-0.2, 0) is 18.4 Å². The van der Waals surface area contributed by atoms with Gasteiger partial charge in [0.25, 0.3) is 0 Å². The topological polar surface area (TPSA) is 88.2 Å². The predicted molar refractivity (Wildman–Crippen MR) is 91.7 cm³/mol. The first-order chi connectivity index (χ1) is 12.1. The molecule has 0 radical (unpaired) electrons. The third kappa shape index (κ3) is 3.45. The lowest BCUT2D eigenvalue weighted by Gasteiger charge is -2.22. The van der Waals surface area contributed by atoms with E-state index in [1.165, 1.54) is 0 Å². The largest absolute Gasteiger partial charge is 0.395 e. The number of aliphatic hydroxyl groups is 1. The molecule has 1 saturated carbocycles. The van der Waals surface area contributed by atoms with Gasteiger partial charge in [-0.05, 0) is 25.3 Å². The number of aromatic nitrogens is 4. The lowest BCUT2D eigenvalue weighted by atomic mass is 10.2. The van der Waals surface area contributed by atoms with Gasteiger partial charge in [-0.1, -0.05) is 0 Å². The van der Waals surface area contributed by atoms with E-state index in [0.29, 0.717) is 0 Å². The fourth-order valence-corrected chi connectivity index (χ4v) is 3.49. The molecule has 3 heterocycles. The molecule has 134 valence electrons. The molecule has 1 aliphatic heterocycles. The molecule has 1 amide bonds. The molecule has 0 bridgehead atoms. The summed E-state index contributed by atoms with van der Waals surface area (Å²) in [6.07, 6.45) is 8.21. The van der Waals surface area contributed by atoms with Gasteiger partial charge in [-0.2, -0.15) is 10.2 Å². The summed E-state index contributed by atoms with van der Waals surface area (Å²) in [4.78, 5) is 14.1. The Balaban J connectivity index is 1.41. The molecule has 2 N–H and O–H groups in total. The van der Waals surface area contributed by atoms with Crippen molar-refractivity contribution in [3.63, 3.8) is 0 Å². The lowest BCUT2D eigenvalue weighted by molar-refractivity contribution is -0.117. The number of hydrogen-bond donors (Lipinski definition) is 2. The smallest absolute Gasteiger partial charge is 0.227 e. The number of carbonyl (C=O) groups excluding carboxylic acids is 1. The van der Waals surface area contributed by atoms with Gasteiger partial charge < -0.3 is 10.4 Å². The number of anilines is 1. The van der Waals surface area contributed by atoms with Crippen molar-refractivity contribution in [3.05, 3.63) is 30.4 Å². The Morgan fingerprint density at radius 1 is 1.40 bits per heavy atom. The van der Waals surface area contributed by atoms with E-state index in [1.54, 1.807) is 12.4 Å². The molecule has 2 aromatic rings. The third-order valence-electron chi connectivity index (χ3n) is 5.20. The Labute approximate surface area is 146 Å². The van der Waals surface area contributed by atoms with E-state index in [9.17, 15) is 9.90 Å². The zero-order valence-corrected chi connectivity index (χ0v) is 14.4. The predicted octanol–water partition coefficient (Wildman–Crippen LogP) is 0.773. The molecule has 0 unspecified atom stereocenters. The Morgan fingerprint density at radius 2 is 2.24 bits per heavy atom. The Bertz CT molecular complexity index is 750. The zero-order chi connectivity index (χ0) is 17.4. The van der Waals surface area contributed by atoms with Crippen LogP contribution in [0.5, 0.6) is 0 Å². The first-order valence-corrected chi connectivity index (χ1v) is 8.81. The van der Waals surface area contributed by atoms with Gasteiger partial charge in [0.2, 0.25) is 5.91 Å². The molecule has 2 fully saturated rings. The minimum absolute atomic E-state index is 0.0945. The van der Waals surface area contributed by atoms with Crippen molar-refractivity contribution in [3.8, 4) is 0 Å². The van der Waals surface area contributed by atoms with Crippen LogP contribution in [0.1, 0.15) is 31.0 Å². The van der Waals surface area contributed by atoms with E-state index in [4.69, 9.17) is 0 Å². The highest BCUT2D eigenvalue weighted by Crippen LogP contribution is 2.31. The zero-order valence-electron chi connectivity index (χ0n) is 14.4. The van der Waals surface area contributed by atoms with Crippen LogP contribution in [0.25, 0.3) is 0 Å². The van der Waals surface area contributed by atoms with Gasteiger partial charge in [0.1, 0.15) is 0 Å². The van der Waals surface area contributed by atoms with E-state index in [0.717, 1.165) is 43.7 Å². The molecule has 4 rings (SSSR count). The fourth-order valence-electron chi connectivity index (χ4n) is 3.49. The van der Waals surface area contributed by atoms with Crippen molar-refractivity contribution in [2.75, 3.05) is 18.5 Å². The molecule has 1 saturated heterocycles. The summed E-state index contributed by atoms with van der Waals surface area (Å²) in [5.74, 6) is 0.278. The van der Waals surface area contributed by atoms with Crippen LogP contribution < -0.4 is 5.32 Å². The second-order valence-electron chi connectivity index (χ2n) is 7.07. The Kier molecular flexibility index (Phi) is 4.30. The van der Waals surface area contributed by atoms with Crippen LogP contribution in [0.4, 0.5) is 5.69 Å². The summed E-state index contributed by atoms with van der Waals surface area (Å²) in [6, 6.07) is 2.30. The van der Waals surface area contributed by atoms with Gasteiger partial charge in [0.15, 0.2) is 0 Å². The summed E-state index contributed by atoms with van der Waals surface area (Å²) < 4.78 is 3.77. The van der Waals surface area contributed by atoms with E-state index >= 15 is 0 Å². The molecule has 8 heteroatoms. The molecule has 2 aromatic heterocycles. The van der Waals surface area contributed by atoms with Crippen molar-refractivity contribution in [1.29, 1.82) is 0 Å². The number of aryl methyl sites for hydroxylation is 1. The van der Waals surface area contributed by atoms with Gasteiger partial charge in [-0.25, -0.2) is 0 Å². The van der Waals surface area contributed by atoms with Crippen LogP contribution in [0.2, 0.25) is 0 Å². The van der Waals surface area contributed by atoms with Gasteiger partial charge in [0, 0.05) is 44.5 Å². The number of amides is 1. The number of aliphatic hydroxyl groups excluding tert-OH is 1. The molecule has 0 spiro atoms. The Hall–Kier alpha value is -2.19. The Morgan fingerprint density at radius 3 is 2.92 bits per heavy atom. The van der Waals surface area contributed by atoms with Gasteiger partial charge in [0.05, 0.1) is 30.2 Å². The molecule has 1 aliphatic carbocycles. The minimum Gasteiger partial charge on any atom is -0.395 e. The standard InChI is InChI=1S/C17H24N6O2/c1-21-14(4-5-18-21)9-22-10-15(6-16(22)11-24)23-8-13(7-19-23)20-17(25)12-2-3-12/h4-5,7-8,12,15-16,24H,2-3,6,9-11H2,1H3,(H,20,25)/t15-,16-/m0/s1. The first-order valence-electron chi connectivity index (χ1n) is 8.81. The molecule has 2 aliphatic rings. The average Bonchev–Trinajstić information content (AvgIpc) is 3.02. The monoisotopic (exact) mass is 344 g/mol. The molecule has 8 nitrogen and oxygen atoms in total. The van der Waals surface area contributed by atoms with Gasteiger partial charge >= 0.3 is 0 Å². The van der Waals surface area contributed by atoms with Crippen LogP contribution in [-0.4, -0.2) is 54.7 Å². The van der Waals surface area contributed by atoms with E-state index in [2.05, 4.69) is 20.4 Å². The van der Waals surface area contributed by atoms with Crippen LogP contribution in [0, 0.1) is 5.92 Å². The van der Waals surface area contributed by atoms with Crippen molar-refractivity contribution in [1.82, 2.24) is 24.5 Å². The number of likely N-dealkylation sites (tertiary alicyclic amines) is 1. The maximum absolute atomic E-state index is 11.9. The van der Waals surface area contributed by atoms with Gasteiger partial charge in [-0.3, -0.25) is 19.1 Å². The number of hydrogen-bond acceptors (Lipinski definition) is 5. The van der Waals surface area contributed by atoms with Crippen LogP contribution >= 0.6 is 0 Å². The van der Waals surface area contributed by atoms with Crippen LogP contribution in [0.3, 0.4) is 0 Å². The highest BCUT2D eigenvalue weighted by Gasteiger charge is 2.34. The SMILES string of the molecule is Cn1nccc1CN1C[C@@H](n2cc(NC(=O)C3CC3)cn2)C[C@H]1CO. The van der Waals surface area contributed by atoms with E-state index in [-0.39, 0.29) is 30.5 Å².